The molecule has 1 N–H and O–H groups in total. The summed E-state index contributed by atoms with van der Waals surface area (Å²) in [6.45, 7) is 4.91. The molecule has 126 valence electrons. The molecule has 0 unspecified atom stereocenters. The molecule has 0 radical (unpaired) electrons. The molecule has 3 heterocycles. The van der Waals surface area contributed by atoms with Crippen LogP contribution in [0.2, 0.25) is 0 Å². The Morgan fingerprint density at radius 1 is 1.36 bits per heavy atom. The predicted octanol–water partition coefficient (Wildman–Crippen LogP) is 1.08. The van der Waals surface area contributed by atoms with Crippen molar-refractivity contribution >= 4 is 17.8 Å². The summed E-state index contributed by atoms with van der Waals surface area (Å²) in [5.41, 5.74) is 4.40. The van der Waals surface area contributed by atoms with E-state index in [1.54, 1.807) is 39.7 Å². The van der Waals surface area contributed by atoms with Crippen molar-refractivity contribution in [1.29, 1.82) is 5.26 Å². The fourth-order valence-electron chi connectivity index (χ4n) is 2.88. The number of nitrogens with zero attached hydrogens (tertiary/aromatic N) is 6. The Balaban J connectivity index is 1.47. The molecule has 1 saturated carbocycles. The number of carbonyl (C=O) groups excluding carboxylic acids is 1. The highest BCUT2D eigenvalue weighted by molar-refractivity contribution is 5.94. The zero-order valence-corrected chi connectivity index (χ0v) is 13.6. The Hall–Kier alpha value is -3.18. The number of amides is 1. The van der Waals surface area contributed by atoms with Crippen molar-refractivity contribution in [3.8, 4) is 6.07 Å². The highest BCUT2D eigenvalue weighted by Gasteiger charge is 2.50. The van der Waals surface area contributed by atoms with E-state index in [0.29, 0.717) is 18.8 Å². The third-order valence-electron chi connectivity index (χ3n) is 4.50. The van der Waals surface area contributed by atoms with Crippen LogP contribution in [0.1, 0.15) is 18.5 Å². The van der Waals surface area contributed by atoms with Gasteiger partial charge in [-0.25, -0.2) is 5.43 Å². The lowest BCUT2D eigenvalue weighted by molar-refractivity contribution is -0.127. The minimum atomic E-state index is -0.585. The van der Waals surface area contributed by atoms with Crippen LogP contribution < -0.4 is 10.5 Å². The second-order valence-electron chi connectivity index (χ2n) is 6.17. The van der Waals surface area contributed by atoms with Gasteiger partial charge in [0.2, 0.25) is 0 Å². The van der Waals surface area contributed by atoms with Crippen molar-refractivity contribution in [2.45, 2.75) is 24.9 Å². The maximum absolute atomic E-state index is 12.6. The van der Waals surface area contributed by atoms with Gasteiger partial charge in [-0.1, -0.05) is 6.58 Å². The number of nitriles is 1. The van der Waals surface area contributed by atoms with E-state index in [-0.39, 0.29) is 5.91 Å². The number of hydrogen-bond donors (Lipinski definition) is 1. The number of nitrogens with one attached hydrogen (secondary N) is 1. The van der Waals surface area contributed by atoms with E-state index in [9.17, 15) is 10.1 Å². The standard InChI is InChI=1S/C17H17N7O/c1-13-16(25)22(8-9-23(13)17(12-18)4-5-17)11-14-2-3-15(10-19-14)24-20-6-7-21-24/h2-3,6,8-10,21H,1,4-5,7,11H2. The highest BCUT2D eigenvalue weighted by atomic mass is 16.2. The highest BCUT2D eigenvalue weighted by Crippen LogP contribution is 2.44. The molecule has 1 aromatic heterocycles. The maximum atomic E-state index is 12.6. The molecule has 0 saturated heterocycles. The van der Waals surface area contributed by atoms with Crippen molar-refractivity contribution in [2.75, 3.05) is 11.7 Å². The molecule has 1 aromatic rings. The number of hydrogen-bond acceptors (Lipinski definition) is 7. The molecule has 1 fully saturated rings. The summed E-state index contributed by atoms with van der Waals surface area (Å²) in [4.78, 5) is 20.2. The van der Waals surface area contributed by atoms with Gasteiger partial charge in [0.1, 0.15) is 11.2 Å². The molecule has 2 aliphatic heterocycles. The first-order valence-corrected chi connectivity index (χ1v) is 8.03. The van der Waals surface area contributed by atoms with E-state index < -0.39 is 5.54 Å². The van der Waals surface area contributed by atoms with Gasteiger partial charge in [-0.15, -0.1) is 0 Å². The lowest BCUT2D eigenvalue weighted by atomic mass is 10.2. The minimum absolute atomic E-state index is 0.208. The lowest BCUT2D eigenvalue weighted by Crippen LogP contribution is -2.42. The quantitative estimate of drug-likeness (QED) is 0.829. The van der Waals surface area contributed by atoms with Crippen LogP contribution in [-0.2, 0) is 11.3 Å². The van der Waals surface area contributed by atoms with Crippen molar-refractivity contribution in [3.63, 3.8) is 0 Å². The average molecular weight is 335 g/mol. The summed E-state index contributed by atoms with van der Waals surface area (Å²) < 4.78 is 0. The predicted molar refractivity (Wildman–Crippen MR) is 91.5 cm³/mol. The maximum Gasteiger partial charge on any atom is 0.274 e. The van der Waals surface area contributed by atoms with Gasteiger partial charge in [0, 0.05) is 18.6 Å². The van der Waals surface area contributed by atoms with Crippen molar-refractivity contribution in [1.82, 2.24) is 20.2 Å². The molecule has 0 bridgehead atoms. The van der Waals surface area contributed by atoms with Crippen LogP contribution in [0.4, 0.5) is 5.69 Å². The van der Waals surface area contributed by atoms with E-state index in [4.69, 9.17) is 0 Å². The van der Waals surface area contributed by atoms with Gasteiger partial charge in [-0.05, 0) is 25.0 Å². The van der Waals surface area contributed by atoms with Crippen LogP contribution in [0, 0.1) is 11.3 Å². The van der Waals surface area contributed by atoms with E-state index in [1.807, 2.05) is 12.1 Å². The lowest BCUT2D eigenvalue weighted by Gasteiger charge is -2.34. The van der Waals surface area contributed by atoms with Gasteiger partial charge >= 0.3 is 0 Å². The molecular weight excluding hydrogens is 318 g/mol. The van der Waals surface area contributed by atoms with Gasteiger partial charge in [0.15, 0.2) is 0 Å². The molecule has 25 heavy (non-hydrogen) atoms. The number of hydrazone groups is 1. The SMILES string of the molecule is C=C1C(=O)N(Cc2ccc(N3N=CCN3)cn2)C=CN1C1(C#N)CC1. The molecule has 0 spiro atoms. The topological polar surface area (TPSA) is 87.9 Å². The van der Waals surface area contributed by atoms with Gasteiger partial charge < -0.3 is 9.80 Å². The first-order valence-electron chi connectivity index (χ1n) is 8.03. The fourth-order valence-corrected chi connectivity index (χ4v) is 2.88. The minimum Gasteiger partial charge on any atom is -0.323 e. The summed E-state index contributed by atoms with van der Waals surface area (Å²) in [5, 5.41) is 15.1. The van der Waals surface area contributed by atoms with Crippen molar-refractivity contribution in [3.05, 3.63) is 48.7 Å². The molecule has 0 atom stereocenters. The molecule has 8 nitrogen and oxygen atoms in total. The Bertz CT molecular complexity index is 816. The molecule has 8 heteroatoms. The van der Waals surface area contributed by atoms with E-state index in [0.717, 1.165) is 24.2 Å². The molecule has 4 rings (SSSR count). The number of aromatic nitrogens is 1. The van der Waals surface area contributed by atoms with Crippen LogP contribution in [-0.4, -0.2) is 39.0 Å². The van der Waals surface area contributed by atoms with E-state index in [1.165, 1.54) is 0 Å². The third kappa shape index (κ3) is 2.64. The fraction of sp³-hybridized carbons (Fsp3) is 0.294. The van der Waals surface area contributed by atoms with Crippen LogP contribution in [0.3, 0.4) is 0 Å². The number of carbonyl (C=O) groups is 1. The van der Waals surface area contributed by atoms with E-state index in [2.05, 4.69) is 28.2 Å². The second kappa shape index (κ2) is 5.72. The Kier molecular flexibility index (Phi) is 3.51. The monoisotopic (exact) mass is 335 g/mol. The number of hydrazine groups is 1. The number of rotatable bonds is 4. The first-order chi connectivity index (χ1) is 12.1. The van der Waals surface area contributed by atoms with Crippen LogP contribution >= 0.6 is 0 Å². The van der Waals surface area contributed by atoms with Gasteiger partial charge in [0.05, 0.1) is 36.7 Å². The summed E-state index contributed by atoms with van der Waals surface area (Å²) in [6, 6.07) is 6.03. The van der Waals surface area contributed by atoms with Gasteiger partial charge in [-0.2, -0.15) is 15.5 Å². The largest absolute Gasteiger partial charge is 0.323 e. The van der Waals surface area contributed by atoms with Crippen LogP contribution in [0.5, 0.6) is 0 Å². The first kappa shape index (κ1) is 15.4. The number of anilines is 1. The zero-order chi connectivity index (χ0) is 17.4. The van der Waals surface area contributed by atoms with Crippen molar-refractivity contribution in [2.24, 2.45) is 5.10 Å². The summed E-state index contributed by atoms with van der Waals surface area (Å²) in [6.07, 6.45) is 8.45. The van der Waals surface area contributed by atoms with Crippen LogP contribution in [0.25, 0.3) is 0 Å². The average Bonchev–Trinajstić information content (AvgIpc) is 3.23. The molecule has 1 aliphatic carbocycles. The van der Waals surface area contributed by atoms with Crippen molar-refractivity contribution < 1.29 is 4.79 Å². The number of pyridine rings is 1. The summed E-state index contributed by atoms with van der Waals surface area (Å²) >= 11 is 0. The summed E-state index contributed by atoms with van der Waals surface area (Å²) in [5.74, 6) is -0.208. The van der Waals surface area contributed by atoms with E-state index >= 15 is 0 Å². The Morgan fingerprint density at radius 2 is 2.20 bits per heavy atom. The zero-order valence-electron chi connectivity index (χ0n) is 13.6. The molecule has 1 amide bonds. The molecule has 0 aromatic carbocycles. The Labute approximate surface area is 145 Å². The second-order valence-corrected chi connectivity index (χ2v) is 6.17. The Morgan fingerprint density at radius 3 is 2.80 bits per heavy atom. The van der Waals surface area contributed by atoms with Crippen LogP contribution in [0.15, 0.2) is 48.1 Å². The smallest absolute Gasteiger partial charge is 0.274 e. The third-order valence-corrected chi connectivity index (χ3v) is 4.50. The summed E-state index contributed by atoms with van der Waals surface area (Å²) in [7, 11) is 0. The van der Waals surface area contributed by atoms with Gasteiger partial charge in [-0.3, -0.25) is 9.78 Å². The van der Waals surface area contributed by atoms with Gasteiger partial charge in [0.25, 0.3) is 5.91 Å². The molecule has 3 aliphatic rings. The normalized spacial score (nSPS) is 21.0. The molecular formula is C17H17N7O.